The first-order valence-electron chi connectivity index (χ1n) is 8.41. The molecule has 0 radical (unpaired) electrons. The second kappa shape index (κ2) is 6.31. The summed E-state index contributed by atoms with van der Waals surface area (Å²) in [5, 5.41) is 19.3. The molecule has 0 spiro atoms. The van der Waals surface area contributed by atoms with Crippen molar-refractivity contribution < 1.29 is 19.8 Å². The minimum atomic E-state index is -1.01. The lowest BCUT2D eigenvalue weighted by atomic mass is 9.98. The SMILES string of the molecule is CC(=O)O.O=C(O)c1ccc2c3c1cccc3c(=O)n1c3ccccc3nc21. The summed E-state index contributed by atoms with van der Waals surface area (Å²) in [6, 6.07) is 16.0. The van der Waals surface area contributed by atoms with Gasteiger partial charge in [-0.2, -0.15) is 0 Å². The van der Waals surface area contributed by atoms with Crippen LogP contribution >= 0.6 is 0 Å². The smallest absolute Gasteiger partial charge is 0.336 e. The van der Waals surface area contributed by atoms with Gasteiger partial charge in [0.25, 0.3) is 11.5 Å². The van der Waals surface area contributed by atoms with E-state index in [0.717, 1.165) is 23.3 Å². The van der Waals surface area contributed by atoms with Gasteiger partial charge in [-0.1, -0.05) is 24.3 Å². The summed E-state index contributed by atoms with van der Waals surface area (Å²) in [5.41, 5.74) is 2.06. The van der Waals surface area contributed by atoms with Crippen LogP contribution in [0.2, 0.25) is 0 Å². The molecule has 0 fully saturated rings. The molecule has 0 aliphatic heterocycles. The Morgan fingerprint density at radius 2 is 1.57 bits per heavy atom. The van der Waals surface area contributed by atoms with Gasteiger partial charge in [-0.25, -0.2) is 9.78 Å². The maximum Gasteiger partial charge on any atom is 0.336 e. The number of hydrogen-bond donors (Lipinski definition) is 2. The molecular weight excluding hydrogens is 360 g/mol. The van der Waals surface area contributed by atoms with Gasteiger partial charge in [0.05, 0.1) is 16.6 Å². The molecule has 138 valence electrons. The Labute approximate surface area is 157 Å². The topological polar surface area (TPSA) is 109 Å². The van der Waals surface area contributed by atoms with Crippen LogP contribution in [0.1, 0.15) is 17.3 Å². The van der Waals surface area contributed by atoms with Gasteiger partial charge < -0.3 is 10.2 Å². The van der Waals surface area contributed by atoms with Gasteiger partial charge in [0.15, 0.2) is 0 Å². The van der Waals surface area contributed by atoms with Crippen molar-refractivity contribution in [1.29, 1.82) is 0 Å². The molecule has 5 rings (SSSR count). The fourth-order valence-electron chi connectivity index (χ4n) is 3.49. The van der Waals surface area contributed by atoms with Gasteiger partial charge in [-0.05, 0) is 35.7 Å². The maximum absolute atomic E-state index is 13.0. The average molecular weight is 374 g/mol. The lowest BCUT2D eigenvalue weighted by Crippen LogP contribution is -2.13. The highest BCUT2D eigenvalue weighted by Crippen LogP contribution is 2.31. The molecule has 0 aliphatic rings. The Morgan fingerprint density at radius 3 is 2.29 bits per heavy atom. The third-order valence-corrected chi connectivity index (χ3v) is 4.51. The number of aliphatic carboxylic acids is 1. The number of rotatable bonds is 1. The Kier molecular flexibility index (Phi) is 3.93. The molecule has 0 aliphatic carbocycles. The largest absolute Gasteiger partial charge is 0.481 e. The number of carbonyl (C=O) groups is 2. The number of aromatic nitrogens is 2. The average Bonchev–Trinajstić information content (AvgIpc) is 3.05. The lowest BCUT2D eigenvalue weighted by Gasteiger charge is -2.09. The van der Waals surface area contributed by atoms with Crippen LogP contribution in [0.4, 0.5) is 0 Å². The third kappa shape index (κ3) is 2.52. The molecule has 0 saturated heterocycles. The molecule has 0 saturated carbocycles. The van der Waals surface area contributed by atoms with E-state index in [1.165, 1.54) is 0 Å². The number of imidazole rings is 1. The standard InChI is InChI=1S/C19H10N2O3.C2H4O2/c22-18-13-5-3-4-10-11(19(23)24)8-9-12(16(10)13)17-20-14-6-1-2-7-15(14)21(17)18;1-2(3)4/h1-9H,(H,23,24);1H3,(H,3,4). The van der Waals surface area contributed by atoms with Crippen LogP contribution in [0.15, 0.2) is 59.4 Å². The first kappa shape index (κ1) is 17.4. The third-order valence-electron chi connectivity index (χ3n) is 4.51. The van der Waals surface area contributed by atoms with E-state index in [1.54, 1.807) is 34.7 Å². The highest BCUT2D eigenvalue weighted by molar-refractivity contribution is 6.20. The van der Waals surface area contributed by atoms with Crippen LogP contribution in [-0.2, 0) is 4.79 Å². The highest BCUT2D eigenvalue weighted by atomic mass is 16.4. The number of carboxylic acids is 2. The summed E-state index contributed by atoms with van der Waals surface area (Å²) in [6.07, 6.45) is 0. The summed E-state index contributed by atoms with van der Waals surface area (Å²) in [4.78, 5) is 38.1. The molecule has 0 bridgehead atoms. The van der Waals surface area contributed by atoms with Crippen LogP contribution in [0, 0.1) is 0 Å². The predicted octanol–water partition coefficient (Wildman–Crippen LogP) is 3.38. The molecule has 7 heteroatoms. The second-order valence-corrected chi connectivity index (χ2v) is 6.28. The summed E-state index contributed by atoms with van der Waals surface area (Å²) < 4.78 is 1.60. The van der Waals surface area contributed by atoms with Gasteiger partial charge >= 0.3 is 5.97 Å². The van der Waals surface area contributed by atoms with E-state index in [4.69, 9.17) is 9.90 Å². The zero-order valence-corrected chi connectivity index (χ0v) is 14.7. The van der Waals surface area contributed by atoms with Gasteiger partial charge in [0.2, 0.25) is 0 Å². The quantitative estimate of drug-likeness (QED) is 0.466. The summed E-state index contributed by atoms with van der Waals surface area (Å²) in [6.45, 7) is 1.08. The molecule has 0 amide bonds. The van der Waals surface area contributed by atoms with E-state index in [9.17, 15) is 14.7 Å². The Bertz CT molecular complexity index is 1450. The highest BCUT2D eigenvalue weighted by Gasteiger charge is 2.18. The molecule has 28 heavy (non-hydrogen) atoms. The number of carboxylic acid groups (broad SMARTS) is 2. The number of pyridine rings is 1. The van der Waals surface area contributed by atoms with Crippen LogP contribution in [0.5, 0.6) is 0 Å². The normalized spacial score (nSPS) is 11.0. The zero-order chi connectivity index (χ0) is 20.0. The van der Waals surface area contributed by atoms with Gasteiger partial charge in [0.1, 0.15) is 5.65 Å². The first-order valence-corrected chi connectivity index (χ1v) is 8.41. The van der Waals surface area contributed by atoms with Crippen LogP contribution < -0.4 is 5.56 Å². The molecule has 2 heterocycles. The molecule has 3 aromatic carbocycles. The molecule has 5 aromatic rings. The summed E-state index contributed by atoms with van der Waals surface area (Å²) >= 11 is 0. The number of fused-ring (bicyclic) bond motifs is 4. The molecular formula is C21H14N2O5. The van der Waals surface area contributed by atoms with Crippen molar-refractivity contribution in [3.63, 3.8) is 0 Å². The van der Waals surface area contributed by atoms with Gasteiger partial charge in [0, 0.05) is 23.1 Å². The van der Waals surface area contributed by atoms with Crippen molar-refractivity contribution in [2.45, 2.75) is 6.92 Å². The van der Waals surface area contributed by atoms with Crippen molar-refractivity contribution in [3.05, 3.63) is 70.5 Å². The number of para-hydroxylation sites is 2. The second-order valence-electron chi connectivity index (χ2n) is 6.28. The van der Waals surface area contributed by atoms with Crippen molar-refractivity contribution in [1.82, 2.24) is 9.38 Å². The summed E-state index contributed by atoms with van der Waals surface area (Å²) in [7, 11) is 0. The van der Waals surface area contributed by atoms with Crippen LogP contribution in [0.3, 0.4) is 0 Å². The minimum Gasteiger partial charge on any atom is -0.481 e. The zero-order valence-electron chi connectivity index (χ0n) is 14.7. The maximum atomic E-state index is 13.0. The van der Waals surface area contributed by atoms with Crippen molar-refractivity contribution >= 4 is 50.2 Å². The predicted molar refractivity (Wildman–Crippen MR) is 105 cm³/mol. The van der Waals surface area contributed by atoms with Crippen molar-refractivity contribution in [2.24, 2.45) is 0 Å². The molecule has 7 nitrogen and oxygen atoms in total. The molecule has 2 aromatic heterocycles. The fourth-order valence-corrected chi connectivity index (χ4v) is 3.49. The van der Waals surface area contributed by atoms with E-state index in [1.807, 2.05) is 24.3 Å². The number of aromatic carboxylic acids is 1. The van der Waals surface area contributed by atoms with E-state index in [2.05, 4.69) is 4.98 Å². The molecule has 0 unspecified atom stereocenters. The van der Waals surface area contributed by atoms with Gasteiger partial charge in [-0.15, -0.1) is 0 Å². The van der Waals surface area contributed by atoms with Crippen molar-refractivity contribution in [2.75, 3.05) is 0 Å². The molecule has 0 atom stereocenters. The van der Waals surface area contributed by atoms with E-state index >= 15 is 0 Å². The number of benzene rings is 3. The van der Waals surface area contributed by atoms with Gasteiger partial charge in [-0.3, -0.25) is 14.0 Å². The van der Waals surface area contributed by atoms with Crippen molar-refractivity contribution in [3.8, 4) is 0 Å². The van der Waals surface area contributed by atoms with E-state index < -0.39 is 11.9 Å². The molecule has 2 N–H and O–H groups in total. The van der Waals surface area contributed by atoms with E-state index in [-0.39, 0.29) is 11.1 Å². The number of nitrogens with zero attached hydrogens (tertiary/aromatic N) is 2. The van der Waals surface area contributed by atoms with Crippen LogP contribution in [0.25, 0.3) is 38.2 Å². The van der Waals surface area contributed by atoms with Crippen LogP contribution in [-0.4, -0.2) is 31.5 Å². The Morgan fingerprint density at radius 1 is 0.893 bits per heavy atom. The Balaban J connectivity index is 0.000000442. The number of hydrogen-bond acceptors (Lipinski definition) is 4. The monoisotopic (exact) mass is 374 g/mol. The minimum absolute atomic E-state index is 0.181. The summed E-state index contributed by atoms with van der Waals surface area (Å²) in [5.74, 6) is -1.84. The first-order chi connectivity index (χ1) is 13.4. The van der Waals surface area contributed by atoms with E-state index in [0.29, 0.717) is 21.8 Å². The fraction of sp³-hybridized carbons (Fsp3) is 0.0476. The Hall–Kier alpha value is -4.00. The lowest BCUT2D eigenvalue weighted by molar-refractivity contribution is -0.134.